The Morgan fingerprint density at radius 3 is 2.73 bits per heavy atom. The Bertz CT molecular complexity index is 503. The lowest BCUT2D eigenvalue weighted by atomic mass is 10.0. The Labute approximate surface area is 132 Å². The van der Waals surface area contributed by atoms with E-state index in [1.807, 2.05) is 13.0 Å². The van der Waals surface area contributed by atoms with Crippen LogP contribution in [-0.2, 0) is 4.74 Å². The van der Waals surface area contributed by atoms with Gasteiger partial charge in [-0.25, -0.2) is 4.39 Å². The third-order valence-electron chi connectivity index (χ3n) is 4.91. The zero-order valence-electron chi connectivity index (χ0n) is 13.4. The monoisotopic (exact) mass is 307 g/mol. The number of ether oxygens (including phenoxy) is 1. The molecule has 0 amide bonds. The van der Waals surface area contributed by atoms with E-state index in [1.54, 1.807) is 19.2 Å². The van der Waals surface area contributed by atoms with E-state index >= 15 is 0 Å². The first-order valence-electron chi connectivity index (χ1n) is 8.18. The van der Waals surface area contributed by atoms with Gasteiger partial charge in [0, 0.05) is 51.1 Å². The molecule has 22 heavy (non-hydrogen) atoms. The van der Waals surface area contributed by atoms with Gasteiger partial charge >= 0.3 is 0 Å². The minimum atomic E-state index is -0.155. The number of piperidine rings is 1. The van der Waals surface area contributed by atoms with Gasteiger partial charge in [0.25, 0.3) is 0 Å². The minimum Gasteiger partial charge on any atom is -0.378 e. The number of anilines is 1. The second-order valence-electron chi connectivity index (χ2n) is 6.40. The van der Waals surface area contributed by atoms with Gasteiger partial charge in [0.2, 0.25) is 0 Å². The molecule has 2 atom stereocenters. The maximum absolute atomic E-state index is 13.2. The van der Waals surface area contributed by atoms with Crippen LogP contribution in [0.5, 0.6) is 0 Å². The average molecular weight is 307 g/mol. The van der Waals surface area contributed by atoms with Crippen LogP contribution in [0.15, 0.2) is 18.2 Å². The van der Waals surface area contributed by atoms with Crippen LogP contribution in [0.25, 0.3) is 0 Å². The van der Waals surface area contributed by atoms with Crippen LogP contribution in [0.1, 0.15) is 18.4 Å². The quantitative estimate of drug-likeness (QED) is 0.887. The lowest BCUT2D eigenvalue weighted by molar-refractivity contribution is 0.0910. The van der Waals surface area contributed by atoms with Crippen LogP contribution in [0.2, 0.25) is 0 Å². The molecule has 0 saturated carbocycles. The highest BCUT2D eigenvalue weighted by atomic mass is 19.1. The molecule has 5 heteroatoms. The molecule has 0 bridgehead atoms. The maximum Gasteiger partial charge on any atom is 0.123 e. The van der Waals surface area contributed by atoms with Gasteiger partial charge in [-0.05, 0) is 43.5 Å². The zero-order valence-corrected chi connectivity index (χ0v) is 13.4. The molecular formula is C17H26FN3O. The summed E-state index contributed by atoms with van der Waals surface area (Å²) in [4.78, 5) is 2.37. The molecule has 0 aliphatic carbocycles. The zero-order chi connectivity index (χ0) is 15.5. The lowest BCUT2D eigenvalue weighted by Crippen LogP contribution is -2.50. The summed E-state index contributed by atoms with van der Waals surface area (Å²) in [6.45, 7) is 5.93. The molecule has 1 aromatic carbocycles. The van der Waals surface area contributed by atoms with Crippen molar-refractivity contribution in [3.05, 3.63) is 29.6 Å². The second-order valence-corrected chi connectivity index (χ2v) is 6.40. The molecule has 2 saturated heterocycles. The summed E-state index contributed by atoms with van der Waals surface area (Å²) < 4.78 is 18.7. The van der Waals surface area contributed by atoms with E-state index in [4.69, 9.17) is 4.74 Å². The molecule has 0 spiro atoms. The fourth-order valence-electron chi connectivity index (χ4n) is 3.63. The lowest BCUT2D eigenvalue weighted by Gasteiger charge is -2.36. The fraction of sp³-hybridized carbons (Fsp3) is 0.647. The number of nitrogens with one attached hydrogen (secondary N) is 2. The highest BCUT2D eigenvalue weighted by Crippen LogP contribution is 2.25. The smallest absolute Gasteiger partial charge is 0.123 e. The fourth-order valence-corrected chi connectivity index (χ4v) is 3.63. The first kappa shape index (κ1) is 15.7. The van der Waals surface area contributed by atoms with Crippen molar-refractivity contribution in [3.63, 3.8) is 0 Å². The van der Waals surface area contributed by atoms with E-state index < -0.39 is 0 Å². The number of halogens is 1. The van der Waals surface area contributed by atoms with Crippen molar-refractivity contribution in [1.82, 2.24) is 10.6 Å². The van der Waals surface area contributed by atoms with Gasteiger partial charge in [0.15, 0.2) is 0 Å². The van der Waals surface area contributed by atoms with E-state index in [0.717, 1.165) is 50.3 Å². The molecule has 2 aliphatic rings. The number of methoxy groups -OCH3 is 1. The Hall–Kier alpha value is -1.17. The SMILES string of the molecule is CO[C@H]1CNC[C@@H]1NC1CCN(c2ccc(F)cc2C)CC1. The predicted octanol–water partition coefficient (Wildman–Crippen LogP) is 1.68. The molecule has 0 unspecified atom stereocenters. The van der Waals surface area contributed by atoms with Crippen molar-refractivity contribution in [1.29, 1.82) is 0 Å². The first-order valence-corrected chi connectivity index (χ1v) is 8.18. The number of rotatable bonds is 4. The molecule has 2 heterocycles. The topological polar surface area (TPSA) is 36.5 Å². The van der Waals surface area contributed by atoms with Crippen molar-refractivity contribution in [2.75, 3.05) is 38.2 Å². The molecule has 0 radical (unpaired) electrons. The van der Waals surface area contributed by atoms with Gasteiger partial charge in [-0.15, -0.1) is 0 Å². The van der Waals surface area contributed by atoms with Gasteiger partial charge < -0.3 is 20.3 Å². The summed E-state index contributed by atoms with van der Waals surface area (Å²) in [5.41, 5.74) is 2.18. The van der Waals surface area contributed by atoms with E-state index in [-0.39, 0.29) is 11.9 Å². The van der Waals surface area contributed by atoms with Gasteiger partial charge in [0.05, 0.1) is 6.10 Å². The van der Waals surface area contributed by atoms with Crippen LogP contribution in [-0.4, -0.2) is 51.5 Å². The number of nitrogens with zero attached hydrogens (tertiary/aromatic N) is 1. The molecule has 4 nitrogen and oxygen atoms in total. The molecule has 2 fully saturated rings. The van der Waals surface area contributed by atoms with E-state index in [9.17, 15) is 4.39 Å². The van der Waals surface area contributed by atoms with Crippen LogP contribution in [0, 0.1) is 12.7 Å². The summed E-state index contributed by atoms with van der Waals surface area (Å²) in [5.74, 6) is -0.155. The summed E-state index contributed by atoms with van der Waals surface area (Å²) in [6, 6.07) is 6.03. The van der Waals surface area contributed by atoms with Gasteiger partial charge in [0.1, 0.15) is 5.82 Å². The molecule has 0 aromatic heterocycles. The van der Waals surface area contributed by atoms with Crippen molar-refractivity contribution in [2.24, 2.45) is 0 Å². The number of hydrogen-bond acceptors (Lipinski definition) is 4. The highest BCUT2D eigenvalue weighted by Gasteiger charge is 2.30. The minimum absolute atomic E-state index is 0.155. The van der Waals surface area contributed by atoms with E-state index in [2.05, 4.69) is 15.5 Å². The van der Waals surface area contributed by atoms with Crippen molar-refractivity contribution in [3.8, 4) is 0 Å². The Kier molecular flexibility index (Phi) is 4.96. The van der Waals surface area contributed by atoms with Crippen LogP contribution in [0.4, 0.5) is 10.1 Å². The molecule has 2 N–H and O–H groups in total. The van der Waals surface area contributed by atoms with E-state index in [0.29, 0.717) is 12.1 Å². The highest BCUT2D eigenvalue weighted by molar-refractivity contribution is 5.53. The average Bonchev–Trinajstić information content (AvgIpc) is 2.95. The third kappa shape index (κ3) is 3.42. The second kappa shape index (κ2) is 6.94. The molecule has 3 rings (SSSR count). The van der Waals surface area contributed by atoms with Crippen molar-refractivity contribution in [2.45, 2.75) is 38.0 Å². The summed E-state index contributed by atoms with van der Waals surface area (Å²) in [7, 11) is 1.78. The Morgan fingerprint density at radius 2 is 2.05 bits per heavy atom. The first-order chi connectivity index (χ1) is 10.7. The third-order valence-corrected chi connectivity index (χ3v) is 4.91. The van der Waals surface area contributed by atoms with E-state index in [1.165, 1.54) is 0 Å². The number of hydrogen-bond donors (Lipinski definition) is 2. The van der Waals surface area contributed by atoms with Crippen LogP contribution >= 0.6 is 0 Å². The summed E-state index contributed by atoms with van der Waals surface area (Å²) in [6.07, 6.45) is 2.51. The standard InChI is InChI=1S/C17H26FN3O/c1-12-9-13(18)3-4-16(12)21-7-5-14(6-8-21)20-15-10-19-11-17(15)22-2/h3-4,9,14-15,17,19-20H,5-8,10-11H2,1-2H3/t15-,17-/m0/s1. The number of benzene rings is 1. The van der Waals surface area contributed by atoms with Gasteiger partial charge in [-0.1, -0.05) is 0 Å². The predicted molar refractivity (Wildman–Crippen MR) is 87.0 cm³/mol. The van der Waals surface area contributed by atoms with Crippen molar-refractivity contribution >= 4 is 5.69 Å². The molecule has 2 aliphatic heterocycles. The van der Waals surface area contributed by atoms with Crippen LogP contribution in [0.3, 0.4) is 0 Å². The van der Waals surface area contributed by atoms with Gasteiger partial charge in [-0.2, -0.15) is 0 Å². The summed E-state index contributed by atoms with van der Waals surface area (Å²) >= 11 is 0. The van der Waals surface area contributed by atoms with Gasteiger partial charge in [-0.3, -0.25) is 0 Å². The Morgan fingerprint density at radius 1 is 1.27 bits per heavy atom. The Balaban J connectivity index is 1.54. The summed E-state index contributed by atoms with van der Waals surface area (Å²) in [5, 5.41) is 7.12. The molecular weight excluding hydrogens is 281 g/mol. The molecule has 1 aromatic rings. The maximum atomic E-state index is 13.2. The normalized spacial score (nSPS) is 26.6. The van der Waals surface area contributed by atoms with Crippen molar-refractivity contribution < 1.29 is 9.13 Å². The van der Waals surface area contributed by atoms with Crippen LogP contribution < -0.4 is 15.5 Å². The molecule has 122 valence electrons. The number of aryl methyl sites for hydroxylation is 1. The largest absolute Gasteiger partial charge is 0.378 e.